The summed E-state index contributed by atoms with van der Waals surface area (Å²) < 4.78 is 5.24. The lowest BCUT2D eigenvalue weighted by Crippen LogP contribution is -2.46. The number of fused-ring (bicyclic) bond motifs is 1. The Morgan fingerprint density at radius 3 is 2.61 bits per heavy atom. The monoisotopic (exact) mass is 309 g/mol. The fraction of sp³-hybridized carbons (Fsp3) is 0.353. The molecule has 2 aromatic heterocycles. The van der Waals surface area contributed by atoms with Crippen LogP contribution in [0.25, 0.3) is 11.1 Å². The Morgan fingerprint density at radius 1 is 1.04 bits per heavy atom. The molecule has 6 heteroatoms. The summed E-state index contributed by atoms with van der Waals surface area (Å²) in [5, 5.41) is 4.94. The van der Waals surface area contributed by atoms with Gasteiger partial charge in [-0.05, 0) is 12.5 Å². The van der Waals surface area contributed by atoms with E-state index in [1.54, 1.807) is 6.33 Å². The molecule has 0 radical (unpaired) electrons. The number of benzene rings is 1. The number of anilines is 1. The predicted molar refractivity (Wildman–Crippen MR) is 88.3 cm³/mol. The third-order valence-corrected chi connectivity index (χ3v) is 4.34. The minimum Gasteiger partial charge on any atom is -0.353 e. The fourth-order valence-corrected chi connectivity index (χ4v) is 3.10. The smallest absolute Gasteiger partial charge is 0.263 e. The summed E-state index contributed by atoms with van der Waals surface area (Å²) in [5.74, 6) is 0.938. The van der Waals surface area contributed by atoms with Crippen LogP contribution >= 0.6 is 0 Å². The van der Waals surface area contributed by atoms with Crippen LogP contribution in [0.2, 0.25) is 0 Å². The maximum atomic E-state index is 5.24. The molecule has 1 saturated heterocycles. The van der Waals surface area contributed by atoms with E-state index in [0.717, 1.165) is 49.6 Å². The molecule has 0 atom stereocenters. The van der Waals surface area contributed by atoms with Crippen LogP contribution in [0.15, 0.2) is 41.2 Å². The number of piperazine rings is 1. The lowest BCUT2D eigenvalue weighted by Gasteiger charge is -2.35. The van der Waals surface area contributed by atoms with Gasteiger partial charge in [0.05, 0.1) is 5.69 Å². The second-order valence-electron chi connectivity index (χ2n) is 5.89. The summed E-state index contributed by atoms with van der Waals surface area (Å²) in [6.07, 6.45) is 1.55. The molecule has 118 valence electrons. The van der Waals surface area contributed by atoms with Gasteiger partial charge >= 0.3 is 0 Å². The topological polar surface area (TPSA) is 58.3 Å². The molecular weight excluding hydrogens is 290 g/mol. The molecule has 0 spiro atoms. The molecule has 0 amide bonds. The highest BCUT2D eigenvalue weighted by atomic mass is 16.5. The highest BCUT2D eigenvalue weighted by Crippen LogP contribution is 2.26. The molecule has 1 fully saturated rings. The molecule has 1 aliphatic rings. The van der Waals surface area contributed by atoms with Crippen LogP contribution in [0.4, 0.5) is 5.82 Å². The maximum Gasteiger partial charge on any atom is 0.263 e. The van der Waals surface area contributed by atoms with Crippen molar-refractivity contribution in [1.29, 1.82) is 0 Å². The Kier molecular flexibility index (Phi) is 3.67. The summed E-state index contributed by atoms with van der Waals surface area (Å²) in [7, 11) is 0. The number of nitrogens with zero attached hydrogens (tertiary/aromatic N) is 5. The summed E-state index contributed by atoms with van der Waals surface area (Å²) in [6, 6.07) is 10.6. The predicted octanol–water partition coefficient (Wildman–Crippen LogP) is 2.25. The van der Waals surface area contributed by atoms with Gasteiger partial charge in [0.1, 0.15) is 17.5 Å². The molecule has 6 nitrogen and oxygen atoms in total. The first kappa shape index (κ1) is 14.1. The average Bonchev–Trinajstić information content (AvgIpc) is 2.98. The van der Waals surface area contributed by atoms with Crippen LogP contribution in [0.5, 0.6) is 0 Å². The Balaban J connectivity index is 1.48. The first-order valence-electron chi connectivity index (χ1n) is 7.89. The van der Waals surface area contributed by atoms with Crippen molar-refractivity contribution < 1.29 is 4.52 Å². The molecule has 1 aliphatic heterocycles. The van der Waals surface area contributed by atoms with Crippen molar-refractivity contribution >= 4 is 16.9 Å². The minimum absolute atomic E-state index is 0.569. The Morgan fingerprint density at radius 2 is 1.83 bits per heavy atom. The molecular formula is C17H19N5O. The van der Waals surface area contributed by atoms with E-state index in [1.165, 1.54) is 5.56 Å². The van der Waals surface area contributed by atoms with Gasteiger partial charge in [0.25, 0.3) is 5.71 Å². The standard InChI is InChI=1S/C17H19N5O/c1-13-15-16(18-12-19-17(15)23-20-13)22-9-7-21(8-10-22)11-14-5-3-2-4-6-14/h2-6,12H,7-11H2,1H3. The van der Waals surface area contributed by atoms with Crippen LogP contribution in [0, 0.1) is 6.92 Å². The van der Waals surface area contributed by atoms with E-state index in [-0.39, 0.29) is 0 Å². The Hall–Kier alpha value is -2.47. The third kappa shape index (κ3) is 2.77. The van der Waals surface area contributed by atoms with Gasteiger partial charge in [0, 0.05) is 32.7 Å². The van der Waals surface area contributed by atoms with E-state index in [4.69, 9.17) is 4.52 Å². The van der Waals surface area contributed by atoms with Crippen molar-refractivity contribution in [3.8, 4) is 0 Å². The first-order valence-corrected chi connectivity index (χ1v) is 7.89. The van der Waals surface area contributed by atoms with Crippen LogP contribution in [0.1, 0.15) is 11.3 Å². The SMILES string of the molecule is Cc1noc2ncnc(N3CCN(Cc4ccccc4)CC3)c12. The molecule has 0 bridgehead atoms. The molecule has 0 unspecified atom stereocenters. The lowest BCUT2D eigenvalue weighted by molar-refractivity contribution is 0.249. The van der Waals surface area contributed by atoms with Gasteiger partial charge < -0.3 is 9.42 Å². The van der Waals surface area contributed by atoms with Crippen LogP contribution < -0.4 is 4.90 Å². The fourth-order valence-electron chi connectivity index (χ4n) is 3.10. The van der Waals surface area contributed by atoms with Crippen molar-refractivity contribution in [2.45, 2.75) is 13.5 Å². The van der Waals surface area contributed by atoms with Crippen LogP contribution in [-0.4, -0.2) is 46.2 Å². The Labute approximate surface area is 134 Å². The maximum absolute atomic E-state index is 5.24. The largest absolute Gasteiger partial charge is 0.353 e. The third-order valence-electron chi connectivity index (χ3n) is 4.34. The van der Waals surface area contributed by atoms with Gasteiger partial charge in [0.15, 0.2) is 0 Å². The van der Waals surface area contributed by atoms with Crippen LogP contribution in [-0.2, 0) is 6.54 Å². The molecule has 3 aromatic rings. The van der Waals surface area contributed by atoms with E-state index in [0.29, 0.717) is 5.71 Å². The van der Waals surface area contributed by atoms with E-state index < -0.39 is 0 Å². The Bertz CT molecular complexity index is 793. The summed E-state index contributed by atoms with van der Waals surface area (Å²) >= 11 is 0. The van der Waals surface area contributed by atoms with E-state index in [2.05, 4.69) is 55.3 Å². The number of hydrogen-bond donors (Lipinski definition) is 0. The average molecular weight is 309 g/mol. The van der Waals surface area contributed by atoms with Gasteiger partial charge in [-0.3, -0.25) is 4.90 Å². The molecule has 1 aromatic carbocycles. The minimum atomic E-state index is 0.569. The van der Waals surface area contributed by atoms with Gasteiger partial charge in [-0.25, -0.2) is 4.98 Å². The second-order valence-corrected chi connectivity index (χ2v) is 5.89. The number of hydrogen-bond acceptors (Lipinski definition) is 6. The number of rotatable bonds is 3. The van der Waals surface area contributed by atoms with Crippen molar-refractivity contribution in [2.24, 2.45) is 0 Å². The van der Waals surface area contributed by atoms with E-state index in [9.17, 15) is 0 Å². The normalized spacial score (nSPS) is 16.1. The number of aryl methyl sites for hydroxylation is 1. The summed E-state index contributed by atoms with van der Waals surface area (Å²) in [4.78, 5) is 13.4. The van der Waals surface area contributed by atoms with Crippen LogP contribution in [0.3, 0.4) is 0 Å². The molecule has 4 rings (SSSR count). The molecule has 0 aliphatic carbocycles. The van der Waals surface area contributed by atoms with Crippen molar-refractivity contribution in [3.05, 3.63) is 47.9 Å². The second kappa shape index (κ2) is 5.96. The van der Waals surface area contributed by atoms with Gasteiger partial charge in [-0.2, -0.15) is 4.98 Å². The van der Waals surface area contributed by atoms with Gasteiger partial charge in [0.2, 0.25) is 0 Å². The zero-order chi connectivity index (χ0) is 15.6. The molecule has 3 heterocycles. The van der Waals surface area contributed by atoms with Crippen molar-refractivity contribution in [1.82, 2.24) is 20.0 Å². The van der Waals surface area contributed by atoms with Crippen molar-refractivity contribution in [2.75, 3.05) is 31.1 Å². The first-order chi connectivity index (χ1) is 11.3. The quantitative estimate of drug-likeness (QED) is 0.739. The zero-order valence-corrected chi connectivity index (χ0v) is 13.1. The summed E-state index contributed by atoms with van der Waals surface area (Å²) in [5.41, 5.74) is 2.78. The lowest BCUT2D eigenvalue weighted by atomic mass is 10.2. The van der Waals surface area contributed by atoms with E-state index in [1.807, 2.05) is 6.92 Å². The summed E-state index contributed by atoms with van der Waals surface area (Å²) in [6.45, 7) is 6.87. The zero-order valence-electron chi connectivity index (χ0n) is 13.1. The highest BCUT2D eigenvalue weighted by Gasteiger charge is 2.22. The highest BCUT2D eigenvalue weighted by molar-refractivity contribution is 5.87. The van der Waals surface area contributed by atoms with E-state index >= 15 is 0 Å². The van der Waals surface area contributed by atoms with Crippen molar-refractivity contribution in [3.63, 3.8) is 0 Å². The number of aromatic nitrogens is 3. The molecule has 23 heavy (non-hydrogen) atoms. The molecule has 0 N–H and O–H groups in total. The van der Waals surface area contributed by atoms with Gasteiger partial charge in [-0.1, -0.05) is 35.5 Å². The molecule has 0 saturated carbocycles. The van der Waals surface area contributed by atoms with Gasteiger partial charge in [-0.15, -0.1) is 0 Å².